The molecule has 3 heteroatoms. The molecule has 0 amide bonds. The molecule has 1 aromatic carbocycles. The molecule has 1 N–H and O–H groups in total. The van der Waals surface area contributed by atoms with Crippen molar-refractivity contribution >= 4 is 11.5 Å². The maximum atomic E-state index is 12.6. The van der Waals surface area contributed by atoms with Crippen LogP contribution in [0.5, 0.6) is 0 Å². The lowest BCUT2D eigenvalue weighted by molar-refractivity contribution is 0.0875. The predicted octanol–water partition coefficient (Wildman–Crippen LogP) is 2.47. The van der Waals surface area contributed by atoms with Crippen LogP contribution in [0.2, 0.25) is 0 Å². The Labute approximate surface area is 115 Å². The van der Waals surface area contributed by atoms with Gasteiger partial charge in [-0.2, -0.15) is 0 Å². The van der Waals surface area contributed by atoms with Crippen LogP contribution in [0.15, 0.2) is 24.3 Å². The summed E-state index contributed by atoms with van der Waals surface area (Å²) < 4.78 is 0. The summed E-state index contributed by atoms with van der Waals surface area (Å²) in [4.78, 5) is 14.7. The van der Waals surface area contributed by atoms with Crippen molar-refractivity contribution in [2.24, 2.45) is 5.92 Å². The smallest absolute Gasteiger partial charge is 0.166 e. The molecule has 19 heavy (non-hydrogen) atoms. The monoisotopic (exact) mass is 258 g/mol. The highest BCUT2D eigenvalue weighted by molar-refractivity contribution is 5.98. The van der Waals surface area contributed by atoms with Crippen molar-refractivity contribution in [2.75, 3.05) is 19.0 Å². The van der Waals surface area contributed by atoms with E-state index in [4.69, 9.17) is 0 Å². The minimum atomic E-state index is 0.219. The maximum Gasteiger partial charge on any atom is 0.166 e. The molecule has 0 aromatic heterocycles. The summed E-state index contributed by atoms with van der Waals surface area (Å²) in [6, 6.07) is 9.15. The summed E-state index contributed by atoms with van der Waals surface area (Å²) in [5.41, 5.74) is 1.97. The third kappa shape index (κ3) is 2.52. The highest BCUT2D eigenvalue weighted by Gasteiger charge is 2.36. The Hall–Kier alpha value is -1.35. The third-order valence-corrected chi connectivity index (χ3v) is 4.49. The summed E-state index contributed by atoms with van der Waals surface area (Å²) in [7, 11) is 4.02. The van der Waals surface area contributed by atoms with Crippen LogP contribution in [0, 0.1) is 5.92 Å². The van der Waals surface area contributed by atoms with Gasteiger partial charge in [-0.15, -0.1) is 0 Å². The van der Waals surface area contributed by atoms with Gasteiger partial charge in [-0.25, -0.2) is 0 Å². The molecule has 102 valence electrons. The Morgan fingerprint density at radius 3 is 2.53 bits per heavy atom. The molecule has 2 aliphatic heterocycles. The first kappa shape index (κ1) is 12.7. The molecule has 2 saturated heterocycles. The largest absolute Gasteiger partial charge is 0.378 e. The lowest BCUT2D eigenvalue weighted by Crippen LogP contribution is -2.40. The fourth-order valence-electron chi connectivity index (χ4n) is 3.44. The van der Waals surface area contributed by atoms with E-state index in [1.165, 1.54) is 12.8 Å². The van der Waals surface area contributed by atoms with E-state index in [0.29, 0.717) is 17.9 Å². The number of Topliss-reactive ketones (excluding diaryl/α,β-unsaturated/α-hetero) is 1. The number of carbonyl (C=O) groups excluding carboxylic acids is 1. The number of piperidine rings is 1. The number of hydrogen-bond donors (Lipinski definition) is 1. The van der Waals surface area contributed by atoms with Gasteiger partial charge in [-0.05, 0) is 37.8 Å². The molecule has 0 aliphatic carbocycles. The number of anilines is 1. The SMILES string of the molecule is CN(C)c1cccc(C(=O)C2CC3CCC(C2)N3)c1. The van der Waals surface area contributed by atoms with Gasteiger partial charge in [0.1, 0.15) is 0 Å². The lowest BCUT2D eigenvalue weighted by atomic mass is 9.86. The van der Waals surface area contributed by atoms with Crippen LogP contribution >= 0.6 is 0 Å². The second kappa shape index (κ2) is 4.97. The van der Waals surface area contributed by atoms with Gasteiger partial charge in [0.2, 0.25) is 0 Å². The number of fused-ring (bicyclic) bond motifs is 2. The van der Waals surface area contributed by atoms with Crippen LogP contribution < -0.4 is 10.2 Å². The van der Waals surface area contributed by atoms with E-state index in [2.05, 4.69) is 5.32 Å². The van der Waals surface area contributed by atoms with Crippen LogP contribution in [0.3, 0.4) is 0 Å². The molecule has 2 atom stereocenters. The van der Waals surface area contributed by atoms with Crippen molar-refractivity contribution in [3.63, 3.8) is 0 Å². The number of hydrogen-bond acceptors (Lipinski definition) is 3. The molecule has 1 aromatic rings. The number of ketones is 1. The average Bonchev–Trinajstić information content (AvgIpc) is 2.76. The summed E-state index contributed by atoms with van der Waals surface area (Å²) >= 11 is 0. The lowest BCUT2D eigenvalue weighted by Gasteiger charge is -2.28. The van der Waals surface area contributed by atoms with Gasteiger partial charge < -0.3 is 10.2 Å². The first-order valence-corrected chi connectivity index (χ1v) is 7.21. The standard InChI is InChI=1S/C16H22N2O/c1-18(2)15-5-3-4-11(10-15)16(19)12-8-13-6-7-14(9-12)17-13/h3-5,10,12-14,17H,6-9H2,1-2H3. The van der Waals surface area contributed by atoms with E-state index in [-0.39, 0.29) is 5.92 Å². The quantitative estimate of drug-likeness (QED) is 0.845. The Kier molecular flexibility index (Phi) is 3.31. The van der Waals surface area contributed by atoms with Crippen LogP contribution in [0.4, 0.5) is 5.69 Å². The molecule has 2 bridgehead atoms. The number of nitrogens with one attached hydrogen (secondary N) is 1. The summed E-state index contributed by atoms with van der Waals surface area (Å²) in [6.45, 7) is 0. The van der Waals surface area contributed by atoms with Gasteiger partial charge in [0.15, 0.2) is 5.78 Å². The number of carbonyl (C=O) groups is 1. The molecule has 2 aliphatic rings. The highest BCUT2D eigenvalue weighted by atomic mass is 16.1. The third-order valence-electron chi connectivity index (χ3n) is 4.49. The van der Waals surface area contributed by atoms with E-state index < -0.39 is 0 Å². The Bertz CT molecular complexity index is 471. The topological polar surface area (TPSA) is 32.3 Å². The van der Waals surface area contributed by atoms with Gasteiger partial charge >= 0.3 is 0 Å². The number of rotatable bonds is 3. The summed E-state index contributed by atoms with van der Waals surface area (Å²) in [5.74, 6) is 0.554. The first-order valence-electron chi connectivity index (χ1n) is 7.21. The van der Waals surface area contributed by atoms with Crippen molar-refractivity contribution in [3.8, 4) is 0 Å². The van der Waals surface area contributed by atoms with E-state index in [9.17, 15) is 4.79 Å². The second-order valence-electron chi connectivity index (χ2n) is 6.12. The van der Waals surface area contributed by atoms with Gasteiger partial charge in [0.25, 0.3) is 0 Å². The first-order chi connectivity index (χ1) is 9.13. The number of benzene rings is 1. The molecule has 0 radical (unpaired) electrons. The average molecular weight is 258 g/mol. The summed E-state index contributed by atoms with van der Waals surface area (Å²) in [5, 5.41) is 3.60. The Morgan fingerprint density at radius 1 is 1.21 bits per heavy atom. The molecule has 2 unspecified atom stereocenters. The van der Waals surface area contributed by atoms with Crippen molar-refractivity contribution < 1.29 is 4.79 Å². The molecule has 0 saturated carbocycles. The molecule has 2 heterocycles. The predicted molar refractivity (Wildman–Crippen MR) is 77.8 cm³/mol. The van der Waals surface area contributed by atoms with Crippen LogP contribution in [-0.2, 0) is 0 Å². The molecule has 0 spiro atoms. The van der Waals surface area contributed by atoms with Crippen LogP contribution in [0.1, 0.15) is 36.0 Å². The van der Waals surface area contributed by atoms with Crippen molar-refractivity contribution in [2.45, 2.75) is 37.8 Å². The zero-order chi connectivity index (χ0) is 13.4. The molecule has 2 fully saturated rings. The summed E-state index contributed by atoms with van der Waals surface area (Å²) in [6.07, 6.45) is 4.52. The van der Waals surface area contributed by atoms with Crippen molar-refractivity contribution in [3.05, 3.63) is 29.8 Å². The minimum Gasteiger partial charge on any atom is -0.378 e. The zero-order valence-corrected chi connectivity index (χ0v) is 11.7. The molecular formula is C16H22N2O. The normalized spacial score (nSPS) is 29.3. The highest BCUT2D eigenvalue weighted by Crippen LogP contribution is 2.33. The molecule has 3 nitrogen and oxygen atoms in total. The fraction of sp³-hybridized carbons (Fsp3) is 0.562. The van der Waals surface area contributed by atoms with Crippen LogP contribution in [-0.4, -0.2) is 32.0 Å². The zero-order valence-electron chi connectivity index (χ0n) is 11.7. The van der Waals surface area contributed by atoms with Gasteiger partial charge in [0.05, 0.1) is 0 Å². The van der Waals surface area contributed by atoms with Gasteiger partial charge in [0, 0.05) is 43.3 Å². The molecule has 3 rings (SSSR count). The van der Waals surface area contributed by atoms with Gasteiger partial charge in [-0.3, -0.25) is 4.79 Å². The Morgan fingerprint density at radius 2 is 1.89 bits per heavy atom. The molecular weight excluding hydrogens is 236 g/mol. The van der Waals surface area contributed by atoms with E-state index in [1.807, 2.05) is 43.3 Å². The van der Waals surface area contributed by atoms with Gasteiger partial charge in [-0.1, -0.05) is 12.1 Å². The van der Waals surface area contributed by atoms with E-state index in [0.717, 1.165) is 24.1 Å². The Balaban J connectivity index is 1.78. The van der Waals surface area contributed by atoms with E-state index in [1.54, 1.807) is 0 Å². The van der Waals surface area contributed by atoms with Crippen LogP contribution in [0.25, 0.3) is 0 Å². The second-order valence-corrected chi connectivity index (χ2v) is 6.12. The maximum absolute atomic E-state index is 12.6. The van der Waals surface area contributed by atoms with E-state index >= 15 is 0 Å². The van der Waals surface area contributed by atoms with Crippen molar-refractivity contribution in [1.82, 2.24) is 5.32 Å². The van der Waals surface area contributed by atoms with Crippen molar-refractivity contribution in [1.29, 1.82) is 0 Å². The minimum absolute atomic E-state index is 0.219. The fourth-order valence-corrected chi connectivity index (χ4v) is 3.44. The number of nitrogens with zero attached hydrogens (tertiary/aromatic N) is 1.